The third-order valence-electron chi connectivity index (χ3n) is 1.18. The van der Waals surface area contributed by atoms with E-state index in [2.05, 4.69) is 20.9 Å². The molecule has 0 saturated heterocycles. The van der Waals surface area contributed by atoms with E-state index in [9.17, 15) is 8.78 Å². The van der Waals surface area contributed by atoms with Gasteiger partial charge in [0.05, 0.1) is 5.02 Å². The number of hydrogen-bond donors (Lipinski definition) is 1. The average Bonchev–Trinajstić information content (AvgIpc) is 1.99. The van der Waals surface area contributed by atoms with Crippen LogP contribution in [0.15, 0.2) is 10.5 Å². The van der Waals surface area contributed by atoms with Crippen molar-refractivity contribution in [2.24, 2.45) is 0 Å². The second-order valence-electron chi connectivity index (χ2n) is 2.03. The number of nitrogens with two attached hydrogens (primary N) is 1. The van der Waals surface area contributed by atoms with E-state index >= 15 is 0 Å². The highest BCUT2D eigenvalue weighted by Crippen LogP contribution is 2.30. The summed E-state index contributed by atoms with van der Waals surface area (Å²) in [4.78, 5) is 3.40. The van der Waals surface area contributed by atoms with Gasteiger partial charge < -0.3 is 5.73 Å². The Bertz CT molecular complexity index is 283. The fraction of sp³-hybridized carbons (Fsp3) is 0.167. The van der Waals surface area contributed by atoms with E-state index in [0.29, 0.717) is 4.47 Å². The quantitative estimate of drug-likeness (QED) is 0.840. The molecule has 0 bridgehead atoms. The number of pyridine rings is 1. The number of anilines is 1. The number of aromatic nitrogens is 1. The van der Waals surface area contributed by atoms with Crippen LogP contribution in [0.5, 0.6) is 0 Å². The van der Waals surface area contributed by atoms with Crippen LogP contribution in [0.4, 0.5) is 14.6 Å². The first-order chi connectivity index (χ1) is 5.52. The fourth-order valence-corrected chi connectivity index (χ4v) is 1.18. The first kappa shape index (κ1) is 9.67. The Kier molecular flexibility index (Phi) is 2.85. The second kappa shape index (κ2) is 3.53. The molecule has 0 aliphatic carbocycles. The van der Waals surface area contributed by atoms with E-state index in [1.54, 1.807) is 0 Å². The molecule has 66 valence electrons. The molecule has 0 amide bonds. The molecule has 0 fully saturated rings. The Balaban J connectivity index is 3.21. The van der Waals surface area contributed by atoms with Gasteiger partial charge in [-0.1, -0.05) is 11.6 Å². The van der Waals surface area contributed by atoms with Crippen LogP contribution in [0.1, 0.15) is 12.1 Å². The molecule has 0 aromatic carbocycles. The number of nitrogen functional groups attached to an aromatic ring is 1. The molecule has 2 N–H and O–H groups in total. The zero-order chi connectivity index (χ0) is 9.30. The number of hydrogen-bond acceptors (Lipinski definition) is 2. The van der Waals surface area contributed by atoms with E-state index < -0.39 is 6.43 Å². The Morgan fingerprint density at radius 1 is 1.58 bits per heavy atom. The normalized spacial score (nSPS) is 10.8. The van der Waals surface area contributed by atoms with Crippen molar-refractivity contribution in [3.8, 4) is 0 Å². The maximum absolute atomic E-state index is 12.1. The standard InChI is InChI=1S/C6H4BrClF2N2/c7-2-1-3(5(9)10)12-6(11)4(2)8/h1,5H,(H2,11,12). The predicted molar refractivity (Wildman–Crippen MR) is 46.3 cm³/mol. The molecule has 2 nitrogen and oxygen atoms in total. The van der Waals surface area contributed by atoms with Crippen molar-refractivity contribution >= 4 is 33.3 Å². The minimum absolute atomic E-state index is 0.0960. The molecule has 0 spiro atoms. The summed E-state index contributed by atoms with van der Waals surface area (Å²) in [5, 5.41) is 0.152. The molecule has 0 aliphatic heterocycles. The molecule has 0 unspecified atom stereocenters. The van der Waals surface area contributed by atoms with Gasteiger partial charge in [0.15, 0.2) is 0 Å². The zero-order valence-corrected chi connectivity index (χ0v) is 8.03. The molecule has 1 aromatic rings. The van der Waals surface area contributed by atoms with Crippen molar-refractivity contribution in [1.29, 1.82) is 0 Å². The Morgan fingerprint density at radius 3 is 2.58 bits per heavy atom. The minimum atomic E-state index is -2.64. The molecule has 0 saturated carbocycles. The van der Waals surface area contributed by atoms with Crippen molar-refractivity contribution in [2.75, 3.05) is 5.73 Å². The van der Waals surface area contributed by atoms with Gasteiger partial charge in [-0.2, -0.15) is 0 Å². The number of nitrogens with zero attached hydrogens (tertiary/aromatic N) is 1. The Hall–Kier alpha value is -0.420. The molecule has 12 heavy (non-hydrogen) atoms. The minimum Gasteiger partial charge on any atom is -0.382 e. The van der Waals surface area contributed by atoms with Crippen molar-refractivity contribution in [1.82, 2.24) is 4.98 Å². The van der Waals surface area contributed by atoms with Crippen LogP contribution in [-0.2, 0) is 0 Å². The molecule has 0 radical (unpaired) electrons. The Labute approximate surface area is 80.9 Å². The van der Waals surface area contributed by atoms with Crippen LogP contribution in [0.25, 0.3) is 0 Å². The average molecular weight is 257 g/mol. The molecule has 1 rings (SSSR count). The third-order valence-corrected chi connectivity index (χ3v) is 2.43. The summed E-state index contributed by atoms with van der Waals surface area (Å²) in [5.74, 6) is -0.0960. The number of halogens is 4. The van der Waals surface area contributed by atoms with Gasteiger partial charge in [-0.3, -0.25) is 0 Å². The summed E-state index contributed by atoms with van der Waals surface area (Å²) in [6.07, 6.45) is -2.64. The van der Waals surface area contributed by atoms with Crippen LogP contribution in [0, 0.1) is 0 Å². The van der Waals surface area contributed by atoms with Gasteiger partial charge in [0.2, 0.25) is 0 Å². The van der Waals surface area contributed by atoms with Gasteiger partial charge in [0.1, 0.15) is 11.5 Å². The summed E-state index contributed by atoms with van der Waals surface area (Å²) >= 11 is 8.55. The molecule has 1 heterocycles. The van der Waals surface area contributed by atoms with Gasteiger partial charge in [-0.25, -0.2) is 13.8 Å². The van der Waals surface area contributed by atoms with E-state index in [-0.39, 0.29) is 16.5 Å². The second-order valence-corrected chi connectivity index (χ2v) is 3.26. The summed E-state index contributed by atoms with van der Waals surface area (Å²) in [7, 11) is 0. The highest BCUT2D eigenvalue weighted by atomic mass is 79.9. The first-order valence-electron chi connectivity index (χ1n) is 2.92. The predicted octanol–water partition coefficient (Wildman–Crippen LogP) is 3.02. The van der Waals surface area contributed by atoms with Crippen molar-refractivity contribution in [3.05, 3.63) is 21.3 Å². The monoisotopic (exact) mass is 256 g/mol. The summed E-state index contributed by atoms with van der Waals surface area (Å²) in [6, 6.07) is 1.14. The van der Waals surface area contributed by atoms with E-state index in [0.717, 1.165) is 6.07 Å². The van der Waals surface area contributed by atoms with Crippen LogP contribution in [0.3, 0.4) is 0 Å². The number of alkyl halides is 2. The molecule has 0 aliphatic rings. The first-order valence-corrected chi connectivity index (χ1v) is 4.09. The largest absolute Gasteiger partial charge is 0.382 e. The molecular formula is C6H4BrClF2N2. The van der Waals surface area contributed by atoms with E-state index in [1.165, 1.54) is 0 Å². The lowest BCUT2D eigenvalue weighted by Gasteiger charge is -2.03. The van der Waals surface area contributed by atoms with Gasteiger partial charge in [0, 0.05) is 4.47 Å². The lowest BCUT2D eigenvalue weighted by atomic mass is 10.3. The van der Waals surface area contributed by atoms with Crippen molar-refractivity contribution < 1.29 is 8.78 Å². The third kappa shape index (κ3) is 1.84. The highest BCUT2D eigenvalue weighted by molar-refractivity contribution is 9.10. The fourth-order valence-electron chi connectivity index (χ4n) is 0.648. The summed E-state index contributed by atoms with van der Waals surface area (Å²) in [5.41, 5.74) is 4.87. The molecule has 6 heteroatoms. The Morgan fingerprint density at radius 2 is 2.17 bits per heavy atom. The van der Waals surface area contributed by atoms with E-state index in [1.807, 2.05) is 0 Å². The van der Waals surface area contributed by atoms with Gasteiger partial charge in [-0.05, 0) is 22.0 Å². The molecule has 1 aromatic heterocycles. The van der Waals surface area contributed by atoms with Crippen LogP contribution < -0.4 is 5.73 Å². The topological polar surface area (TPSA) is 38.9 Å². The zero-order valence-electron chi connectivity index (χ0n) is 5.69. The highest BCUT2D eigenvalue weighted by Gasteiger charge is 2.13. The maximum atomic E-state index is 12.1. The van der Waals surface area contributed by atoms with Crippen LogP contribution in [-0.4, -0.2) is 4.98 Å². The molecular weight excluding hydrogens is 253 g/mol. The van der Waals surface area contributed by atoms with Gasteiger partial charge >= 0.3 is 0 Å². The van der Waals surface area contributed by atoms with Crippen LogP contribution >= 0.6 is 27.5 Å². The van der Waals surface area contributed by atoms with Crippen molar-refractivity contribution in [3.63, 3.8) is 0 Å². The SMILES string of the molecule is Nc1nc(C(F)F)cc(Br)c1Cl. The lowest BCUT2D eigenvalue weighted by Crippen LogP contribution is -1.97. The van der Waals surface area contributed by atoms with Gasteiger partial charge in [-0.15, -0.1) is 0 Å². The van der Waals surface area contributed by atoms with Crippen molar-refractivity contribution in [2.45, 2.75) is 6.43 Å². The van der Waals surface area contributed by atoms with Gasteiger partial charge in [0.25, 0.3) is 6.43 Å². The van der Waals surface area contributed by atoms with Crippen LogP contribution in [0.2, 0.25) is 5.02 Å². The maximum Gasteiger partial charge on any atom is 0.280 e. The summed E-state index contributed by atoms with van der Waals surface area (Å²) < 4.78 is 24.5. The number of rotatable bonds is 1. The molecule has 0 atom stereocenters. The smallest absolute Gasteiger partial charge is 0.280 e. The van der Waals surface area contributed by atoms with E-state index in [4.69, 9.17) is 17.3 Å². The summed E-state index contributed by atoms with van der Waals surface area (Å²) in [6.45, 7) is 0. The lowest BCUT2D eigenvalue weighted by molar-refractivity contribution is 0.146.